The van der Waals surface area contributed by atoms with Gasteiger partial charge in [0.15, 0.2) is 0 Å². The Morgan fingerprint density at radius 2 is 2.03 bits per heavy atom. The van der Waals surface area contributed by atoms with Crippen LogP contribution < -0.4 is 4.74 Å². The van der Waals surface area contributed by atoms with E-state index in [0.29, 0.717) is 6.54 Å². The predicted molar refractivity (Wildman–Crippen MR) is 117 cm³/mol. The Kier molecular flexibility index (Phi) is 8.22. The van der Waals surface area contributed by atoms with Crippen LogP contribution in [0.5, 0.6) is 5.75 Å². The van der Waals surface area contributed by atoms with Gasteiger partial charge in [-0.3, -0.25) is 14.7 Å². The lowest BCUT2D eigenvalue weighted by Crippen LogP contribution is -2.50. The van der Waals surface area contributed by atoms with Gasteiger partial charge in [-0.1, -0.05) is 18.2 Å². The van der Waals surface area contributed by atoms with E-state index in [2.05, 4.69) is 22.0 Å². The lowest BCUT2D eigenvalue weighted by atomic mass is 10.0. The molecule has 0 radical (unpaired) electrons. The number of benzene rings is 1. The molecule has 0 aliphatic carbocycles. The van der Waals surface area contributed by atoms with E-state index in [9.17, 15) is 4.79 Å². The van der Waals surface area contributed by atoms with Gasteiger partial charge in [0.1, 0.15) is 12.4 Å². The Morgan fingerprint density at radius 1 is 1.23 bits per heavy atom. The van der Waals surface area contributed by atoms with Crippen molar-refractivity contribution in [3.05, 3.63) is 59.9 Å². The Morgan fingerprint density at radius 3 is 2.70 bits per heavy atom. The average molecular weight is 412 g/mol. The quantitative estimate of drug-likeness (QED) is 0.632. The Hall–Kier alpha value is -2.44. The molecule has 162 valence electrons. The molecule has 0 bridgehead atoms. The number of carbonyl (C=O) groups is 1. The molecule has 1 aliphatic heterocycles. The number of aromatic nitrogens is 1. The van der Waals surface area contributed by atoms with Crippen LogP contribution >= 0.6 is 0 Å². The van der Waals surface area contributed by atoms with Crippen molar-refractivity contribution < 1.29 is 14.3 Å². The molecule has 6 heteroatoms. The maximum Gasteiger partial charge on any atom is 0.249 e. The largest absolute Gasteiger partial charge is 0.491 e. The molecule has 1 aromatic carbocycles. The number of ether oxygens (including phenoxy) is 2. The molecule has 2 heterocycles. The van der Waals surface area contributed by atoms with Crippen molar-refractivity contribution in [2.45, 2.75) is 51.9 Å². The highest BCUT2D eigenvalue weighted by Gasteiger charge is 2.28. The molecule has 1 aliphatic rings. The molecular formula is C24H33N3O3. The van der Waals surface area contributed by atoms with Crippen LogP contribution in [0, 0.1) is 0 Å². The molecule has 0 saturated carbocycles. The SMILES string of the molecule is COCC(=O)N(Cc1cccnc1)C1CCCN(Cc2ccc(OC(C)C)cc2)C1. The second kappa shape index (κ2) is 11.1. The van der Waals surface area contributed by atoms with Crippen molar-refractivity contribution in [2.24, 2.45) is 0 Å². The van der Waals surface area contributed by atoms with Crippen LogP contribution in [0.15, 0.2) is 48.8 Å². The molecule has 1 unspecified atom stereocenters. The van der Waals surface area contributed by atoms with E-state index >= 15 is 0 Å². The number of piperidine rings is 1. The third-order valence-corrected chi connectivity index (χ3v) is 5.29. The fourth-order valence-corrected chi connectivity index (χ4v) is 3.95. The molecule has 2 aromatic rings. The molecule has 0 N–H and O–H groups in total. The molecule has 6 nitrogen and oxygen atoms in total. The third kappa shape index (κ3) is 6.54. The fourth-order valence-electron chi connectivity index (χ4n) is 3.95. The highest BCUT2D eigenvalue weighted by Crippen LogP contribution is 2.21. The van der Waals surface area contributed by atoms with Crippen LogP contribution in [0.1, 0.15) is 37.8 Å². The summed E-state index contributed by atoms with van der Waals surface area (Å²) in [6.07, 6.45) is 5.84. The molecular weight excluding hydrogens is 378 g/mol. The summed E-state index contributed by atoms with van der Waals surface area (Å²) in [7, 11) is 1.57. The number of hydrogen-bond acceptors (Lipinski definition) is 5. The molecule has 1 fully saturated rings. The zero-order valence-corrected chi connectivity index (χ0v) is 18.3. The summed E-state index contributed by atoms with van der Waals surface area (Å²) >= 11 is 0. The van der Waals surface area contributed by atoms with Gasteiger partial charge >= 0.3 is 0 Å². The second-order valence-corrected chi connectivity index (χ2v) is 8.16. The molecule has 1 atom stereocenters. The number of amides is 1. The summed E-state index contributed by atoms with van der Waals surface area (Å²) in [5.74, 6) is 0.932. The summed E-state index contributed by atoms with van der Waals surface area (Å²) < 4.78 is 10.9. The molecule has 1 aromatic heterocycles. The molecule has 30 heavy (non-hydrogen) atoms. The Labute approximate surface area is 179 Å². The summed E-state index contributed by atoms with van der Waals surface area (Å²) in [4.78, 5) is 21.4. The average Bonchev–Trinajstić information content (AvgIpc) is 2.74. The Bertz CT molecular complexity index is 780. The lowest BCUT2D eigenvalue weighted by molar-refractivity contribution is -0.139. The topological polar surface area (TPSA) is 54.9 Å². The van der Waals surface area contributed by atoms with E-state index in [1.54, 1.807) is 13.3 Å². The van der Waals surface area contributed by atoms with Crippen molar-refractivity contribution in [3.63, 3.8) is 0 Å². The lowest BCUT2D eigenvalue weighted by Gasteiger charge is -2.39. The number of nitrogens with zero attached hydrogens (tertiary/aromatic N) is 3. The van der Waals surface area contributed by atoms with Gasteiger partial charge in [0.2, 0.25) is 5.91 Å². The minimum atomic E-state index is 0.0309. The van der Waals surface area contributed by atoms with Gasteiger partial charge in [-0.25, -0.2) is 0 Å². The van der Waals surface area contributed by atoms with Gasteiger partial charge in [-0.05, 0) is 62.6 Å². The summed E-state index contributed by atoms with van der Waals surface area (Å²) in [6.45, 7) is 7.51. The molecule has 1 amide bonds. The standard InChI is InChI=1S/C24H33N3O3/c1-19(2)30-23-10-8-20(9-11-23)15-26-13-5-7-22(17-26)27(24(28)18-29-3)16-21-6-4-12-25-14-21/h4,6,8-12,14,19,22H,5,7,13,15-18H2,1-3H3. The van der Waals surface area contributed by atoms with Crippen molar-refractivity contribution in [2.75, 3.05) is 26.8 Å². The smallest absolute Gasteiger partial charge is 0.249 e. The van der Waals surface area contributed by atoms with Crippen molar-refractivity contribution in [1.82, 2.24) is 14.8 Å². The van der Waals surface area contributed by atoms with E-state index in [1.165, 1.54) is 5.56 Å². The first kappa shape index (κ1) is 22.2. The van der Waals surface area contributed by atoms with Crippen LogP contribution in [-0.2, 0) is 22.6 Å². The monoisotopic (exact) mass is 411 g/mol. The van der Waals surface area contributed by atoms with Gasteiger partial charge in [-0.2, -0.15) is 0 Å². The molecule has 3 rings (SSSR count). The number of likely N-dealkylation sites (tertiary alicyclic amines) is 1. The number of carbonyl (C=O) groups excluding carboxylic acids is 1. The predicted octanol–water partition coefficient (Wildman–Crippen LogP) is 3.51. The van der Waals surface area contributed by atoms with E-state index in [1.807, 2.05) is 49.2 Å². The van der Waals surface area contributed by atoms with Crippen LogP contribution in [0.3, 0.4) is 0 Å². The van der Waals surface area contributed by atoms with E-state index in [0.717, 1.165) is 43.8 Å². The number of rotatable bonds is 9. The first-order valence-electron chi connectivity index (χ1n) is 10.7. The van der Waals surface area contributed by atoms with Gasteiger partial charge in [0.05, 0.1) is 6.10 Å². The number of hydrogen-bond donors (Lipinski definition) is 0. The Balaban J connectivity index is 1.65. The van der Waals surface area contributed by atoms with Crippen LogP contribution in [-0.4, -0.2) is 59.6 Å². The van der Waals surface area contributed by atoms with Gasteiger partial charge in [0.25, 0.3) is 0 Å². The fraction of sp³-hybridized carbons (Fsp3) is 0.500. The van der Waals surface area contributed by atoms with E-state index in [4.69, 9.17) is 9.47 Å². The first-order chi connectivity index (χ1) is 14.5. The normalized spacial score (nSPS) is 17.1. The first-order valence-corrected chi connectivity index (χ1v) is 10.7. The summed E-state index contributed by atoms with van der Waals surface area (Å²) in [6, 6.07) is 12.4. The van der Waals surface area contributed by atoms with E-state index in [-0.39, 0.29) is 24.7 Å². The van der Waals surface area contributed by atoms with Crippen LogP contribution in [0.25, 0.3) is 0 Å². The number of methoxy groups -OCH3 is 1. The van der Waals surface area contributed by atoms with Crippen LogP contribution in [0.4, 0.5) is 0 Å². The van der Waals surface area contributed by atoms with E-state index < -0.39 is 0 Å². The third-order valence-electron chi connectivity index (χ3n) is 5.29. The van der Waals surface area contributed by atoms with Gasteiger partial charge in [-0.15, -0.1) is 0 Å². The zero-order valence-electron chi connectivity index (χ0n) is 18.3. The van der Waals surface area contributed by atoms with Gasteiger partial charge in [0, 0.05) is 45.2 Å². The molecule has 0 spiro atoms. The second-order valence-electron chi connectivity index (χ2n) is 8.16. The highest BCUT2D eigenvalue weighted by molar-refractivity contribution is 5.77. The highest BCUT2D eigenvalue weighted by atomic mass is 16.5. The van der Waals surface area contributed by atoms with Crippen molar-refractivity contribution in [3.8, 4) is 5.75 Å². The molecule has 1 saturated heterocycles. The van der Waals surface area contributed by atoms with Crippen molar-refractivity contribution in [1.29, 1.82) is 0 Å². The minimum Gasteiger partial charge on any atom is -0.491 e. The maximum atomic E-state index is 12.8. The summed E-state index contributed by atoms with van der Waals surface area (Å²) in [5, 5.41) is 0. The van der Waals surface area contributed by atoms with Crippen molar-refractivity contribution >= 4 is 5.91 Å². The van der Waals surface area contributed by atoms with Gasteiger partial charge < -0.3 is 14.4 Å². The van der Waals surface area contributed by atoms with Crippen LogP contribution in [0.2, 0.25) is 0 Å². The minimum absolute atomic E-state index is 0.0309. The number of pyridine rings is 1. The zero-order chi connectivity index (χ0) is 21.3. The summed E-state index contributed by atoms with van der Waals surface area (Å²) in [5.41, 5.74) is 2.30. The maximum absolute atomic E-state index is 12.8.